The van der Waals surface area contributed by atoms with Crippen LogP contribution in [0.15, 0.2) is 11.0 Å². The number of nitrogens with zero attached hydrogens (tertiary/aromatic N) is 3. The number of anilines is 1. The molecule has 1 aliphatic heterocycles. The van der Waals surface area contributed by atoms with Gasteiger partial charge < -0.3 is 15.0 Å². The van der Waals surface area contributed by atoms with Crippen LogP contribution in [0, 0.1) is 0 Å². The lowest BCUT2D eigenvalue weighted by Gasteiger charge is -2.28. The summed E-state index contributed by atoms with van der Waals surface area (Å²) in [6.45, 7) is 0.249. The molecule has 0 saturated heterocycles. The first-order chi connectivity index (χ1) is 10.8. The van der Waals surface area contributed by atoms with Gasteiger partial charge in [0.1, 0.15) is 0 Å². The molecule has 0 amide bonds. The molecule has 0 unspecified atom stereocenters. The van der Waals surface area contributed by atoms with Crippen LogP contribution in [0.3, 0.4) is 0 Å². The van der Waals surface area contributed by atoms with Gasteiger partial charge in [-0.2, -0.15) is 13.2 Å². The Hall–Kier alpha value is -2.43. The number of rotatable bonds is 2. The van der Waals surface area contributed by atoms with Crippen LogP contribution in [0.4, 0.5) is 18.3 Å². The average Bonchev–Trinajstić information content (AvgIpc) is 2.96. The van der Waals surface area contributed by atoms with Gasteiger partial charge >= 0.3 is 12.1 Å². The van der Waals surface area contributed by atoms with E-state index in [9.17, 15) is 27.9 Å². The highest BCUT2D eigenvalue weighted by Crippen LogP contribution is 2.35. The number of halogens is 3. The highest BCUT2D eigenvalue weighted by atomic mass is 32.1. The molecule has 0 aromatic carbocycles. The van der Waals surface area contributed by atoms with Crippen LogP contribution in [0.2, 0.25) is 0 Å². The monoisotopic (exact) mass is 346 g/mol. The van der Waals surface area contributed by atoms with Crippen molar-refractivity contribution < 1.29 is 23.1 Å². The predicted octanol–water partition coefficient (Wildman–Crippen LogP) is 1.51. The number of carboxylic acids is 1. The van der Waals surface area contributed by atoms with Gasteiger partial charge in [-0.25, -0.2) is 4.79 Å². The van der Waals surface area contributed by atoms with Gasteiger partial charge in [0.15, 0.2) is 0 Å². The van der Waals surface area contributed by atoms with Crippen LogP contribution in [-0.4, -0.2) is 32.8 Å². The Morgan fingerprint density at radius 2 is 2.09 bits per heavy atom. The third kappa shape index (κ3) is 2.79. The number of nitrogens with one attached hydrogen (secondary N) is 1. The number of carbonyl (C=O) groups is 1. The number of aromatic carboxylic acids is 1. The molecule has 23 heavy (non-hydrogen) atoms. The molecule has 3 rings (SSSR count). The molecule has 2 aromatic rings. The van der Waals surface area contributed by atoms with Gasteiger partial charge in [-0.05, 0) is 12.0 Å². The van der Waals surface area contributed by atoms with Crippen molar-refractivity contribution in [3.8, 4) is 0 Å². The molecular formula is C12H9F3N4O3S. The maximum absolute atomic E-state index is 12.6. The normalized spacial score (nSPS) is 14.7. The Morgan fingerprint density at radius 3 is 2.70 bits per heavy atom. The molecule has 0 spiro atoms. The first-order valence-corrected chi connectivity index (χ1v) is 7.21. The second kappa shape index (κ2) is 5.33. The minimum Gasteiger partial charge on any atom is -0.478 e. The van der Waals surface area contributed by atoms with E-state index < -0.39 is 22.7 Å². The topological polar surface area (TPSA) is 99.2 Å². The lowest BCUT2D eigenvalue weighted by atomic mass is 9.98. The van der Waals surface area contributed by atoms with Gasteiger partial charge in [0.25, 0.3) is 5.56 Å². The van der Waals surface area contributed by atoms with Crippen LogP contribution in [0.5, 0.6) is 0 Å². The van der Waals surface area contributed by atoms with Crippen molar-refractivity contribution in [2.75, 3.05) is 11.4 Å². The lowest BCUT2D eigenvalue weighted by molar-refractivity contribution is -0.138. The number of aromatic amines is 1. The molecule has 0 radical (unpaired) electrons. The molecule has 122 valence electrons. The quantitative estimate of drug-likeness (QED) is 0.855. The summed E-state index contributed by atoms with van der Waals surface area (Å²) < 4.78 is 37.8. The largest absolute Gasteiger partial charge is 0.478 e. The molecule has 11 heteroatoms. The van der Waals surface area contributed by atoms with Crippen molar-refractivity contribution in [2.45, 2.75) is 19.1 Å². The first kappa shape index (κ1) is 15.5. The molecule has 0 bridgehead atoms. The fraction of sp³-hybridized carbons (Fsp3) is 0.333. The number of aromatic nitrogens is 3. The molecule has 2 aromatic heterocycles. The molecule has 0 aliphatic carbocycles. The average molecular weight is 346 g/mol. The highest BCUT2D eigenvalue weighted by Gasteiger charge is 2.36. The zero-order chi connectivity index (χ0) is 16.8. The highest BCUT2D eigenvalue weighted by molar-refractivity contribution is 7.15. The third-order valence-corrected chi connectivity index (χ3v) is 4.48. The third-order valence-electron chi connectivity index (χ3n) is 3.45. The van der Waals surface area contributed by atoms with Gasteiger partial charge in [0, 0.05) is 24.8 Å². The van der Waals surface area contributed by atoms with Gasteiger partial charge in [0.05, 0.1) is 5.56 Å². The number of hydrogen-bond acceptors (Lipinski definition) is 6. The van der Waals surface area contributed by atoms with Gasteiger partial charge in [-0.15, -0.1) is 10.2 Å². The second-order valence-electron chi connectivity index (χ2n) is 4.85. The Kier molecular flexibility index (Phi) is 3.59. The Morgan fingerprint density at radius 1 is 1.35 bits per heavy atom. The predicted molar refractivity (Wildman–Crippen MR) is 73.7 cm³/mol. The summed E-state index contributed by atoms with van der Waals surface area (Å²) in [5.74, 6) is -1.22. The minimum atomic E-state index is -4.58. The van der Waals surface area contributed by atoms with Crippen LogP contribution in [0.1, 0.15) is 26.5 Å². The van der Waals surface area contributed by atoms with E-state index in [1.54, 1.807) is 0 Å². The summed E-state index contributed by atoms with van der Waals surface area (Å²) in [6, 6.07) is 0. The number of alkyl halides is 3. The Labute approximate surface area is 130 Å². The number of pyridine rings is 1. The maximum atomic E-state index is 12.6. The van der Waals surface area contributed by atoms with E-state index in [2.05, 4.69) is 15.2 Å². The van der Waals surface area contributed by atoms with Crippen molar-refractivity contribution in [1.29, 1.82) is 0 Å². The zero-order valence-electron chi connectivity index (χ0n) is 11.3. The van der Waals surface area contributed by atoms with Crippen molar-refractivity contribution in [3.05, 3.63) is 38.2 Å². The second-order valence-corrected chi connectivity index (χ2v) is 5.81. The van der Waals surface area contributed by atoms with E-state index in [4.69, 9.17) is 0 Å². The lowest BCUT2D eigenvalue weighted by Crippen LogP contribution is -2.35. The molecular weight excluding hydrogens is 337 g/mol. The molecule has 0 fully saturated rings. The van der Waals surface area contributed by atoms with Crippen molar-refractivity contribution in [1.82, 2.24) is 15.2 Å². The molecule has 3 heterocycles. The number of fused-ring (bicyclic) bond motifs is 1. The number of carboxylic acid groups (broad SMARTS) is 1. The van der Waals surface area contributed by atoms with Crippen LogP contribution in [-0.2, 0) is 19.1 Å². The summed E-state index contributed by atoms with van der Waals surface area (Å²) >= 11 is 0.385. The fourth-order valence-electron chi connectivity index (χ4n) is 2.39. The van der Waals surface area contributed by atoms with E-state index in [1.807, 2.05) is 0 Å². The first-order valence-electron chi connectivity index (χ1n) is 6.39. The Bertz CT molecular complexity index is 830. The van der Waals surface area contributed by atoms with Gasteiger partial charge in [-0.1, -0.05) is 11.3 Å². The molecule has 1 aliphatic rings. The summed E-state index contributed by atoms with van der Waals surface area (Å²) in [5, 5.41) is 14.8. The van der Waals surface area contributed by atoms with Crippen LogP contribution >= 0.6 is 11.3 Å². The molecule has 0 atom stereocenters. The standard InChI is InChI=1S/C12H9F3N4O3S/c13-12(14,15)10-17-18-11(23-10)19-2-1-5-7(4-19)6(9(21)22)3-16-8(5)20/h3H,1-2,4H2,(H,16,20)(H,21,22). The maximum Gasteiger partial charge on any atom is 0.445 e. The molecule has 7 nitrogen and oxygen atoms in total. The van der Waals surface area contributed by atoms with Gasteiger partial charge in [0.2, 0.25) is 10.1 Å². The summed E-state index contributed by atoms with van der Waals surface area (Å²) in [4.78, 5) is 26.9. The summed E-state index contributed by atoms with van der Waals surface area (Å²) in [5.41, 5.74) is 0.153. The minimum absolute atomic E-state index is 0.00657. The van der Waals surface area contributed by atoms with E-state index >= 15 is 0 Å². The van der Waals surface area contributed by atoms with Crippen molar-refractivity contribution >= 4 is 22.4 Å². The fourth-order valence-corrected chi connectivity index (χ4v) is 3.12. The number of hydrogen-bond donors (Lipinski definition) is 2. The molecule has 2 N–H and O–H groups in total. The van der Waals surface area contributed by atoms with Crippen molar-refractivity contribution in [3.63, 3.8) is 0 Å². The van der Waals surface area contributed by atoms with Crippen molar-refractivity contribution in [2.24, 2.45) is 0 Å². The van der Waals surface area contributed by atoms with E-state index in [1.165, 1.54) is 4.90 Å². The summed E-state index contributed by atoms with van der Waals surface area (Å²) in [6.07, 6.45) is -3.27. The van der Waals surface area contributed by atoms with E-state index in [-0.39, 0.29) is 35.8 Å². The molecule has 0 saturated carbocycles. The smallest absolute Gasteiger partial charge is 0.445 e. The van der Waals surface area contributed by atoms with Crippen LogP contribution < -0.4 is 10.5 Å². The number of H-pyrrole nitrogens is 1. The van der Waals surface area contributed by atoms with E-state index in [0.717, 1.165) is 6.20 Å². The summed E-state index contributed by atoms with van der Waals surface area (Å²) in [7, 11) is 0. The van der Waals surface area contributed by atoms with Crippen LogP contribution in [0.25, 0.3) is 0 Å². The Balaban J connectivity index is 1.97. The van der Waals surface area contributed by atoms with E-state index in [0.29, 0.717) is 16.9 Å². The van der Waals surface area contributed by atoms with Gasteiger partial charge in [-0.3, -0.25) is 4.79 Å². The SMILES string of the molecule is O=C(O)c1c[nH]c(=O)c2c1CN(c1nnc(C(F)(F)F)s1)CC2. The zero-order valence-corrected chi connectivity index (χ0v) is 12.2.